The van der Waals surface area contributed by atoms with Crippen LogP contribution in [-0.4, -0.2) is 11.0 Å². The number of hydrogen-bond donors (Lipinski definition) is 1. The van der Waals surface area contributed by atoms with Crippen molar-refractivity contribution in [3.8, 4) is 0 Å². The first-order valence-corrected chi connectivity index (χ1v) is 4.24. The molecule has 0 bridgehead atoms. The van der Waals surface area contributed by atoms with Gasteiger partial charge in [-0.25, -0.2) is 4.98 Å². The van der Waals surface area contributed by atoms with Gasteiger partial charge in [0, 0.05) is 6.04 Å². The van der Waals surface area contributed by atoms with Gasteiger partial charge in [-0.2, -0.15) is 0 Å². The minimum atomic E-state index is 0.664. The minimum Gasteiger partial charge on any atom is -0.367 e. The number of rotatable bonds is 3. The smallest absolute Gasteiger partial charge is 0.126 e. The van der Waals surface area contributed by atoms with Crippen LogP contribution >= 0.6 is 0 Å². The summed E-state index contributed by atoms with van der Waals surface area (Å²) in [6.45, 7) is 3.68. The molecule has 2 rings (SSSR count). The van der Waals surface area contributed by atoms with Crippen LogP contribution in [0, 0.1) is 0 Å². The highest BCUT2D eigenvalue weighted by Gasteiger charge is 2.20. The number of nitrogens with one attached hydrogen (secondary N) is 1. The van der Waals surface area contributed by atoms with E-state index in [0.29, 0.717) is 6.04 Å². The Hall–Kier alpha value is -1.31. The van der Waals surface area contributed by atoms with Gasteiger partial charge < -0.3 is 5.32 Å². The predicted molar refractivity (Wildman–Crippen MR) is 51.0 cm³/mol. The summed E-state index contributed by atoms with van der Waals surface area (Å²) < 4.78 is 0. The van der Waals surface area contributed by atoms with Gasteiger partial charge in [0.1, 0.15) is 5.82 Å². The second-order valence-corrected chi connectivity index (χ2v) is 3.07. The van der Waals surface area contributed by atoms with Gasteiger partial charge in [-0.3, -0.25) is 0 Å². The maximum Gasteiger partial charge on any atom is 0.126 e. The normalized spacial score (nSPS) is 15.7. The van der Waals surface area contributed by atoms with Crippen molar-refractivity contribution in [1.82, 2.24) is 4.98 Å². The van der Waals surface area contributed by atoms with E-state index in [2.05, 4.69) is 16.9 Å². The summed E-state index contributed by atoms with van der Waals surface area (Å²) >= 11 is 0. The molecule has 0 spiro atoms. The zero-order valence-electron chi connectivity index (χ0n) is 6.96. The summed E-state index contributed by atoms with van der Waals surface area (Å²) in [4.78, 5) is 4.34. The molecule has 0 unspecified atom stereocenters. The van der Waals surface area contributed by atoms with Crippen LogP contribution in [0.1, 0.15) is 18.5 Å². The number of hydrogen-bond acceptors (Lipinski definition) is 2. The molecule has 1 N–H and O–H groups in total. The molecule has 1 aliphatic carbocycles. The van der Waals surface area contributed by atoms with Gasteiger partial charge in [0.15, 0.2) is 0 Å². The van der Waals surface area contributed by atoms with Crippen molar-refractivity contribution in [3.63, 3.8) is 0 Å². The molecule has 12 heavy (non-hydrogen) atoms. The third kappa shape index (κ3) is 1.64. The Morgan fingerprint density at radius 2 is 2.33 bits per heavy atom. The molecule has 1 fully saturated rings. The fourth-order valence-electron chi connectivity index (χ4n) is 1.08. The molecule has 1 aromatic heterocycles. The van der Waals surface area contributed by atoms with Crippen molar-refractivity contribution in [2.45, 2.75) is 18.9 Å². The topological polar surface area (TPSA) is 24.9 Å². The van der Waals surface area contributed by atoms with Crippen LogP contribution in [0.4, 0.5) is 5.82 Å². The van der Waals surface area contributed by atoms with E-state index in [-0.39, 0.29) is 0 Å². The third-order valence-electron chi connectivity index (χ3n) is 1.91. The largest absolute Gasteiger partial charge is 0.367 e. The van der Waals surface area contributed by atoms with Crippen molar-refractivity contribution < 1.29 is 0 Å². The lowest BCUT2D eigenvalue weighted by Gasteiger charge is -2.02. The van der Waals surface area contributed by atoms with E-state index in [9.17, 15) is 0 Å². The SMILES string of the molecule is C=Cc1cccc(NC2CC2)n1. The molecule has 0 amide bonds. The summed E-state index contributed by atoms with van der Waals surface area (Å²) in [5.41, 5.74) is 0.931. The Kier molecular flexibility index (Phi) is 1.82. The summed E-state index contributed by atoms with van der Waals surface area (Å²) in [5, 5.41) is 3.33. The minimum absolute atomic E-state index is 0.664. The molecule has 62 valence electrons. The van der Waals surface area contributed by atoms with E-state index < -0.39 is 0 Å². The lowest BCUT2D eigenvalue weighted by Crippen LogP contribution is -2.02. The first-order chi connectivity index (χ1) is 5.88. The molecule has 1 aliphatic rings. The number of nitrogens with zero attached hydrogens (tertiary/aromatic N) is 1. The molecule has 2 nitrogen and oxygen atoms in total. The number of anilines is 1. The molecule has 0 radical (unpaired) electrons. The van der Waals surface area contributed by atoms with Gasteiger partial charge >= 0.3 is 0 Å². The molecule has 2 heteroatoms. The van der Waals surface area contributed by atoms with E-state index in [1.807, 2.05) is 18.2 Å². The van der Waals surface area contributed by atoms with E-state index in [0.717, 1.165) is 11.5 Å². The standard InChI is InChI=1S/C10H12N2/c1-2-8-4-3-5-10(11-8)12-9-6-7-9/h2-5,9H,1,6-7H2,(H,11,12). The lowest BCUT2D eigenvalue weighted by atomic mass is 10.3. The Bertz CT molecular complexity index is 290. The molecule has 1 aromatic rings. The van der Waals surface area contributed by atoms with E-state index in [1.54, 1.807) is 6.08 Å². The summed E-state index contributed by atoms with van der Waals surface area (Å²) in [7, 11) is 0. The summed E-state index contributed by atoms with van der Waals surface area (Å²) in [6, 6.07) is 6.60. The molecular weight excluding hydrogens is 148 g/mol. The van der Waals surface area contributed by atoms with Crippen LogP contribution < -0.4 is 5.32 Å². The fraction of sp³-hybridized carbons (Fsp3) is 0.300. The zero-order valence-corrected chi connectivity index (χ0v) is 6.96. The lowest BCUT2D eigenvalue weighted by molar-refractivity contribution is 1.11. The Balaban J connectivity index is 2.13. The highest BCUT2D eigenvalue weighted by molar-refractivity contribution is 5.47. The Labute approximate surface area is 72.3 Å². The quantitative estimate of drug-likeness (QED) is 0.733. The second kappa shape index (κ2) is 2.97. The van der Waals surface area contributed by atoms with Crippen molar-refractivity contribution >= 4 is 11.9 Å². The van der Waals surface area contributed by atoms with E-state index in [1.165, 1.54) is 12.8 Å². The van der Waals surface area contributed by atoms with E-state index in [4.69, 9.17) is 0 Å². The average molecular weight is 160 g/mol. The van der Waals surface area contributed by atoms with Crippen molar-refractivity contribution in [3.05, 3.63) is 30.5 Å². The van der Waals surface area contributed by atoms with Crippen LogP contribution in [0.3, 0.4) is 0 Å². The van der Waals surface area contributed by atoms with Gasteiger partial charge in [-0.1, -0.05) is 12.6 Å². The van der Waals surface area contributed by atoms with Crippen LogP contribution in [0.5, 0.6) is 0 Å². The predicted octanol–water partition coefficient (Wildman–Crippen LogP) is 2.30. The Morgan fingerprint density at radius 1 is 1.50 bits per heavy atom. The van der Waals surface area contributed by atoms with Crippen molar-refractivity contribution in [1.29, 1.82) is 0 Å². The van der Waals surface area contributed by atoms with E-state index >= 15 is 0 Å². The zero-order chi connectivity index (χ0) is 8.39. The van der Waals surface area contributed by atoms with Crippen LogP contribution in [0.25, 0.3) is 6.08 Å². The van der Waals surface area contributed by atoms with Gasteiger partial charge in [0.2, 0.25) is 0 Å². The maximum atomic E-state index is 4.34. The number of aromatic nitrogens is 1. The average Bonchev–Trinajstić information content (AvgIpc) is 2.89. The molecule has 0 saturated heterocycles. The van der Waals surface area contributed by atoms with Gasteiger partial charge in [-0.15, -0.1) is 0 Å². The van der Waals surface area contributed by atoms with Gasteiger partial charge in [0.05, 0.1) is 5.69 Å². The van der Waals surface area contributed by atoms with Crippen molar-refractivity contribution in [2.75, 3.05) is 5.32 Å². The van der Waals surface area contributed by atoms with Crippen LogP contribution in [0.15, 0.2) is 24.8 Å². The molecular formula is C10H12N2. The molecule has 1 heterocycles. The monoisotopic (exact) mass is 160 g/mol. The van der Waals surface area contributed by atoms with Crippen LogP contribution in [0.2, 0.25) is 0 Å². The first kappa shape index (κ1) is 7.35. The highest BCUT2D eigenvalue weighted by atomic mass is 15.0. The van der Waals surface area contributed by atoms with Crippen molar-refractivity contribution in [2.24, 2.45) is 0 Å². The summed E-state index contributed by atoms with van der Waals surface area (Å²) in [6.07, 6.45) is 4.32. The molecule has 0 aromatic carbocycles. The molecule has 1 saturated carbocycles. The molecule has 0 atom stereocenters. The molecule has 0 aliphatic heterocycles. The number of pyridine rings is 1. The third-order valence-corrected chi connectivity index (χ3v) is 1.91. The fourth-order valence-corrected chi connectivity index (χ4v) is 1.08. The van der Waals surface area contributed by atoms with Gasteiger partial charge in [-0.05, 0) is 31.1 Å². The summed E-state index contributed by atoms with van der Waals surface area (Å²) in [5.74, 6) is 0.968. The second-order valence-electron chi connectivity index (χ2n) is 3.07. The Morgan fingerprint density at radius 3 is 3.00 bits per heavy atom. The highest BCUT2D eigenvalue weighted by Crippen LogP contribution is 2.23. The van der Waals surface area contributed by atoms with Crippen LogP contribution in [-0.2, 0) is 0 Å². The van der Waals surface area contributed by atoms with Gasteiger partial charge in [0.25, 0.3) is 0 Å². The first-order valence-electron chi connectivity index (χ1n) is 4.24. The maximum absolute atomic E-state index is 4.34.